The Morgan fingerprint density at radius 3 is 2.56 bits per heavy atom. The van der Waals surface area contributed by atoms with Gasteiger partial charge in [0, 0.05) is 11.1 Å². The summed E-state index contributed by atoms with van der Waals surface area (Å²) < 4.78 is 0. The number of nitrogens with two attached hydrogens (primary N) is 1. The van der Waals surface area contributed by atoms with Crippen molar-refractivity contribution in [1.82, 2.24) is 4.98 Å². The fraction of sp³-hybridized carbons (Fsp3) is 0.231. The van der Waals surface area contributed by atoms with Gasteiger partial charge in [-0.15, -0.1) is 11.3 Å². The topological polar surface area (TPSA) is 68.0 Å². The van der Waals surface area contributed by atoms with Gasteiger partial charge in [-0.05, 0) is 37.1 Å². The highest BCUT2D eigenvalue weighted by Gasteiger charge is 2.07. The smallest absolute Gasteiger partial charge is 0.230 e. The highest BCUT2D eigenvalue weighted by molar-refractivity contribution is 7.13. The van der Waals surface area contributed by atoms with E-state index in [1.54, 1.807) is 5.38 Å². The normalized spacial score (nSPS) is 10.3. The van der Waals surface area contributed by atoms with Crippen molar-refractivity contribution in [1.29, 1.82) is 0 Å². The maximum Gasteiger partial charge on any atom is 0.230 e. The van der Waals surface area contributed by atoms with Crippen LogP contribution >= 0.6 is 11.3 Å². The lowest BCUT2D eigenvalue weighted by molar-refractivity contribution is -0.115. The van der Waals surface area contributed by atoms with Gasteiger partial charge in [-0.1, -0.05) is 6.07 Å². The maximum absolute atomic E-state index is 11.8. The molecule has 0 aliphatic rings. The van der Waals surface area contributed by atoms with Crippen molar-refractivity contribution < 1.29 is 4.79 Å². The van der Waals surface area contributed by atoms with Crippen LogP contribution in [0.3, 0.4) is 0 Å². The van der Waals surface area contributed by atoms with Crippen LogP contribution < -0.4 is 11.1 Å². The zero-order chi connectivity index (χ0) is 13.1. The Kier molecular flexibility index (Phi) is 3.62. The van der Waals surface area contributed by atoms with Crippen LogP contribution in [0.1, 0.15) is 16.8 Å². The first-order valence-electron chi connectivity index (χ1n) is 5.61. The Hall–Kier alpha value is -1.88. The van der Waals surface area contributed by atoms with Crippen LogP contribution in [0.4, 0.5) is 10.8 Å². The Balaban J connectivity index is 2.02. The van der Waals surface area contributed by atoms with Crippen molar-refractivity contribution in [3.63, 3.8) is 0 Å². The molecule has 0 aliphatic carbocycles. The molecule has 4 nitrogen and oxygen atoms in total. The second kappa shape index (κ2) is 5.18. The molecule has 0 saturated heterocycles. The molecule has 0 atom stereocenters. The minimum atomic E-state index is -0.0784. The molecular formula is C13H15N3OS. The van der Waals surface area contributed by atoms with Gasteiger partial charge in [-0.25, -0.2) is 4.98 Å². The van der Waals surface area contributed by atoms with Gasteiger partial charge in [0.25, 0.3) is 0 Å². The quantitative estimate of drug-likeness (QED) is 0.892. The molecule has 18 heavy (non-hydrogen) atoms. The summed E-state index contributed by atoms with van der Waals surface area (Å²) in [7, 11) is 0. The molecule has 0 bridgehead atoms. The van der Waals surface area contributed by atoms with Gasteiger partial charge in [0.05, 0.1) is 12.1 Å². The van der Waals surface area contributed by atoms with Gasteiger partial charge in [0.15, 0.2) is 5.13 Å². The molecule has 1 aromatic heterocycles. The van der Waals surface area contributed by atoms with Gasteiger partial charge < -0.3 is 11.1 Å². The van der Waals surface area contributed by atoms with E-state index in [9.17, 15) is 4.79 Å². The number of anilines is 2. The summed E-state index contributed by atoms with van der Waals surface area (Å²) in [5.41, 5.74) is 9.31. The molecule has 1 aromatic carbocycles. The number of hydrogen-bond acceptors (Lipinski definition) is 4. The number of rotatable bonds is 3. The average Bonchev–Trinajstić information content (AvgIpc) is 2.61. The number of nitrogens with zero attached hydrogens (tertiary/aromatic N) is 1. The lowest BCUT2D eigenvalue weighted by Crippen LogP contribution is -2.14. The minimum Gasteiger partial charge on any atom is -0.375 e. The zero-order valence-corrected chi connectivity index (χ0v) is 11.2. The first kappa shape index (κ1) is 12.6. The van der Waals surface area contributed by atoms with Crippen molar-refractivity contribution >= 4 is 28.1 Å². The number of benzene rings is 1. The molecule has 2 rings (SSSR count). The van der Waals surface area contributed by atoms with Crippen LogP contribution in [0.15, 0.2) is 23.6 Å². The minimum absolute atomic E-state index is 0.0784. The second-order valence-corrected chi connectivity index (χ2v) is 5.17. The van der Waals surface area contributed by atoms with E-state index in [-0.39, 0.29) is 12.3 Å². The van der Waals surface area contributed by atoms with Gasteiger partial charge in [-0.2, -0.15) is 0 Å². The molecule has 1 amide bonds. The average molecular weight is 261 g/mol. The molecular weight excluding hydrogens is 246 g/mol. The molecule has 94 valence electrons. The van der Waals surface area contributed by atoms with Crippen molar-refractivity contribution in [3.05, 3.63) is 40.4 Å². The lowest BCUT2D eigenvalue weighted by atomic mass is 10.1. The Morgan fingerprint density at radius 1 is 1.33 bits per heavy atom. The van der Waals surface area contributed by atoms with Crippen LogP contribution in [0.25, 0.3) is 0 Å². The van der Waals surface area contributed by atoms with E-state index < -0.39 is 0 Å². The number of hydrogen-bond donors (Lipinski definition) is 2. The summed E-state index contributed by atoms with van der Waals surface area (Å²) in [6, 6.07) is 5.96. The van der Waals surface area contributed by atoms with Gasteiger partial charge >= 0.3 is 0 Å². The Labute approximate surface area is 110 Å². The van der Waals surface area contributed by atoms with Crippen molar-refractivity contribution in [2.24, 2.45) is 0 Å². The molecule has 5 heteroatoms. The highest BCUT2D eigenvalue weighted by atomic mass is 32.1. The number of nitrogen functional groups attached to an aromatic ring is 1. The summed E-state index contributed by atoms with van der Waals surface area (Å²) in [6.45, 7) is 4.01. The van der Waals surface area contributed by atoms with Crippen LogP contribution in [0.2, 0.25) is 0 Å². The number of amides is 1. The van der Waals surface area contributed by atoms with E-state index in [4.69, 9.17) is 5.73 Å². The number of thiazole rings is 1. The van der Waals surface area contributed by atoms with E-state index in [0.717, 1.165) is 16.8 Å². The molecule has 2 aromatic rings. The van der Waals surface area contributed by atoms with Crippen LogP contribution in [0, 0.1) is 13.8 Å². The molecule has 1 heterocycles. The SMILES string of the molecule is Cc1cc(C)cc(NC(=O)Cc2csc(N)n2)c1. The summed E-state index contributed by atoms with van der Waals surface area (Å²) in [5, 5.41) is 5.16. The first-order valence-corrected chi connectivity index (χ1v) is 6.49. The van der Waals surface area contributed by atoms with Gasteiger partial charge in [0.1, 0.15) is 0 Å². The third kappa shape index (κ3) is 3.30. The Morgan fingerprint density at radius 2 is 2.00 bits per heavy atom. The fourth-order valence-electron chi connectivity index (χ4n) is 1.82. The van der Waals surface area contributed by atoms with E-state index in [0.29, 0.717) is 10.8 Å². The Bertz CT molecular complexity index is 557. The van der Waals surface area contributed by atoms with E-state index in [1.807, 2.05) is 26.0 Å². The summed E-state index contributed by atoms with van der Waals surface area (Å²) >= 11 is 1.34. The third-order valence-corrected chi connectivity index (χ3v) is 3.14. The molecule has 0 unspecified atom stereocenters. The van der Waals surface area contributed by atoms with Gasteiger partial charge in [0.2, 0.25) is 5.91 Å². The largest absolute Gasteiger partial charge is 0.375 e. The van der Waals surface area contributed by atoms with Crippen molar-refractivity contribution in [3.8, 4) is 0 Å². The molecule has 0 saturated carbocycles. The number of aromatic nitrogens is 1. The zero-order valence-electron chi connectivity index (χ0n) is 10.4. The molecule has 3 N–H and O–H groups in total. The standard InChI is InChI=1S/C13H15N3OS/c1-8-3-9(2)5-10(4-8)15-12(17)6-11-7-18-13(14)16-11/h3-5,7H,6H2,1-2H3,(H2,14,16)(H,15,17). The number of carbonyl (C=O) groups is 1. The molecule has 0 fully saturated rings. The second-order valence-electron chi connectivity index (χ2n) is 4.28. The molecule has 0 radical (unpaired) electrons. The number of aryl methyl sites for hydroxylation is 2. The summed E-state index contributed by atoms with van der Waals surface area (Å²) in [4.78, 5) is 15.9. The van der Waals surface area contributed by atoms with Gasteiger partial charge in [-0.3, -0.25) is 4.79 Å². The lowest BCUT2D eigenvalue weighted by Gasteiger charge is -2.06. The number of carbonyl (C=O) groups excluding carboxylic acids is 1. The highest BCUT2D eigenvalue weighted by Crippen LogP contribution is 2.15. The predicted molar refractivity (Wildman–Crippen MR) is 74.8 cm³/mol. The van der Waals surface area contributed by atoms with E-state index >= 15 is 0 Å². The molecule has 0 aliphatic heterocycles. The monoisotopic (exact) mass is 261 g/mol. The van der Waals surface area contributed by atoms with Crippen LogP contribution in [-0.2, 0) is 11.2 Å². The van der Waals surface area contributed by atoms with Crippen LogP contribution in [-0.4, -0.2) is 10.9 Å². The summed E-state index contributed by atoms with van der Waals surface area (Å²) in [5.74, 6) is -0.0784. The van der Waals surface area contributed by atoms with E-state index in [1.165, 1.54) is 11.3 Å². The predicted octanol–water partition coefficient (Wildman–Crippen LogP) is 2.52. The van der Waals surface area contributed by atoms with E-state index in [2.05, 4.69) is 16.4 Å². The van der Waals surface area contributed by atoms with Crippen molar-refractivity contribution in [2.75, 3.05) is 11.1 Å². The maximum atomic E-state index is 11.8. The third-order valence-electron chi connectivity index (χ3n) is 2.42. The number of nitrogens with one attached hydrogen (secondary N) is 1. The summed E-state index contributed by atoms with van der Waals surface area (Å²) in [6.07, 6.45) is 0.251. The fourth-order valence-corrected chi connectivity index (χ4v) is 2.38. The van der Waals surface area contributed by atoms with Crippen LogP contribution in [0.5, 0.6) is 0 Å². The molecule has 0 spiro atoms. The first-order chi connectivity index (χ1) is 8.52. The van der Waals surface area contributed by atoms with Crippen molar-refractivity contribution in [2.45, 2.75) is 20.3 Å².